The number of H-pyrrole nitrogens is 1. The van der Waals surface area contributed by atoms with Crippen LogP contribution in [0.3, 0.4) is 0 Å². The van der Waals surface area contributed by atoms with Crippen LogP contribution in [0.15, 0.2) is 22.7 Å². The Morgan fingerprint density at radius 3 is 2.75 bits per heavy atom. The number of hydrogen-bond donors (Lipinski definition) is 1. The first-order valence-corrected chi connectivity index (χ1v) is 7.49. The van der Waals surface area contributed by atoms with Gasteiger partial charge in [0.25, 0.3) is 5.89 Å². The van der Waals surface area contributed by atoms with Gasteiger partial charge in [-0.25, -0.2) is 0 Å². The van der Waals surface area contributed by atoms with Crippen molar-refractivity contribution in [2.24, 2.45) is 0 Å². The minimum absolute atomic E-state index is 0.00279. The number of ketones is 1. The van der Waals surface area contributed by atoms with Crippen LogP contribution in [0.4, 0.5) is 0 Å². The third-order valence-electron chi connectivity index (χ3n) is 4.06. The summed E-state index contributed by atoms with van der Waals surface area (Å²) in [7, 11) is 0. The van der Waals surface area contributed by atoms with Crippen molar-refractivity contribution in [3.8, 4) is 34.5 Å². The molecule has 24 heavy (non-hydrogen) atoms. The average Bonchev–Trinajstić information content (AvgIpc) is 3.24. The Hall–Kier alpha value is -3.09. The summed E-state index contributed by atoms with van der Waals surface area (Å²) >= 11 is 0. The minimum atomic E-state index is 0.00279. The monoisotopic (exact) mass is 325 g/mol. The molecule has 3 aromatic rings. The molecule has 0 spiro atoms. The van der Waals surface area contributed by atoms with E-state index in [-0.39, 0.29) is 12.6 Å². The summed E-state index contributed by atoms with van der Waals surface area (Å²) < 4.78 is 16.0. The highest BCUT2D eigenvalue weighted by Gasteiger charge is 2.21. The molecule has 1 aliphatic heterocycles. The van der Waals surface area contributed by atoms with Gasteiger partial charge in [0, 0.05) is 16.8 Å². The zero-order valence-corrected chi connectivity index (χ0v) is 13.5. The summed E-state index contributed by atoms with van der Waals surface area (Å²) in [5, 5.41) is 4.03. The van der Waals surface area contributed by atoms with Crippen molar-refractivity contribution in [1.29, 1.82) is 0 Å². The molecule has 0 aliphatic carbocycles. The van der Waals surface area contributed by atoms with Crippen molar-refractivity contribution < 1.29 is 18.8 Å². The van der Waals surface area contributed by atoms with E-state index in [1.807, 2.05) is 32.0 Å². The number of carbonyl (C=O) groups is 1. The van der Waals surface area contributed by atoms with E-state index >= 15 is 0 Å². The van der Waals surface area contributed by atoms with E-state index in [1.54, 1.807) is 6.92 Å². The summed E-state index contributed by atoms with van der Waals surface area (Å²) in [5.74, 6) is 2.15. The second-order valence-electron chi connectivity index (χ2n) is 5.67. The van der Waals surface area contributed by atoms with Crippen LogP contribution in [0, 0.1) is 13.8 Å². The van der Waals surface area contributed by atoms with Crippen LogP contribution in [0.5, 0.6) is 11.5 Å². The van der Waals surface area contributed by atoms with E-state index in [9.17, 15) is 4.79 Å². The number of ether oxygens (including phenoxy) is 2. The lowest BCUT2D eigenvalue weighted by atomic mass is 10.1. The maximum Gasteiger partial charge on any atom is 0.274 e. The topological polar surface area (TPSA) is 90.2 Å². The van der Waals surface area contributed by atoms with Gasteiger partial charge < -0.3 is 19.0 Å². The van der Waals surface area contributed by atoms with Crippen molar-refractivity contribution in [1.82, 2.24) is 15.1 Å². The SMILES string of the molecule is CC(=O)c1c(C)[nH]c(-c2nc(-c3ccc4c(c3)OCO4)no2)c1C. The molecule has 0 saturated heterocycles. The standard InChI is InChI=1S/C17H15N3O4/c1-8-14(10(3)21)9(2)18-15(8)17-19-16(20-24-17)11-4-5-12-13(6-11)23-7-22-12/h4-6,18H,7H2,1-3H3. The lowest BCUT2D eigenvalue weighted by molar-refractivity contribution is 0.101. The molecular weight excluding hydrogens is 310 g/mol. The highest BCUT2D eigenvalue weighted by atomic mass is 16.7. The number of aromatic nitrogens is 3. The summed E-state index contributed by atoms with van der Waals surface area (Å²) in [6.45, 7) is 5.46. The fourth-order valence-corrected chi connectivity index (χ4v) is 2.97. The number of fused-ring (bicyclic) bond motifs is 1. The molecule has 3 heterocycles. The number of Topliss-reactive ketones (excluding diaryl/α,β-unsaturated/α-hetero) is 1. The number of aryl methyl sites for hydroxylation is 1. The van der Waals surface area contributed by atoms with Gasteiger partial charge in [-0.1, -0.05) is 5.16 Å². The quantitative estimate of drug-likeness (QED) is 0.743. The molecule has 7 heteroatoms. The molecular formula is C17H15N3O4. The third kappa shape index (κ3) is 2.17. The Balaban J connectivity index is 1.73. The summed E-state index contributed by atoms with van der Waals surface area (Å²) in [6, 6.07) is 5.46. The first kappa shape index (κ1) is 14.5. The second-order valence-corrected chi connectivity index (χ2v) is 5.67. The first-order chi connectivity index (χ1) is 11.5. The molecule has 122 valence electrons. The van der Waals surface area contributed by atoms with Crippen molar-refractivity contribution in [2.75, 3.05) is 6.79 Å². The molecule has 0 radical (unpaired) electrons. The highest BCUT2D eigenvalue weighted by molar-refractivity contribution is 5.98. The molecule has 1 aliphatic rings. The first-order valence-electron chi connectivity index (χ1n) is 7.49. The molecule has 0 atom stereocenters. The molecule has 2 aromatic heterocycles. The molecule has 1 N–H and O–H groups in total. The lowest BCUT2D eigenvalue weighted by Crippen LogP contribution is -1.94. The molecule has 1 aromatic carbocycles. The number of nitrogens with one attached hydrogen (secondary N) is 1. The van der Waals surface area contributed by atoms with Gasteiger partial charge in [0.2, 0.25) is 12.6 Å². The molecule has 7 nitrogen and oxygen atoms in total. The summed E-state index contributed by atoms with van der Waals surface area (Å²) in [5.41, 5.74) is 3.69. The Labute approximate surface area is 137 Å². The van der Waals surface area contributed by atoms with Crippen molar-refractivity contribution in [2.45, 2.75) is 20.8 Å². The lowest BCUT2D eigenvalue weighted by Gasteiger charge is -1.97. The Morgan fingerprint density at radius 2 is 2.00 bits per heavy atom. The molecule has 0 bridgehead atoms. The van der Waals surface area contributed by atoms with Crippen LogP contribution in [-0.4, -0.2) is 27.7 Å². The molecule has 0 unspecified atom stereocenters. The van der Waals surface area contributed by atoms with Crippen molar-refractivity contribution >= 4 is 5.78 Å². The van der Waals surface area contributed by atoms with Crippen LogP contribution < -0.4 is 9.47 Å². The number of hydrogen-bond acceptors (Lipinski definition) is 6. The smallest absolute Gasteiger partial charge is 0.274 e. The molecule has 4 rings (SSSR count). The van der Waals surface area contributed by atoms with Gasteiger partial charge in [-0.05, 0) is 44.5 Å². The zero-order chi connectivity index (χ0) is 16.8. The van der Waals surface area contributed by atoms with E-state index < -0.39 is 0 Å². The maximum atomic E-state index is 11.8. The van der Waals surface area contributed by atoms with Crippen LogP contribution in [0.2, 0.25) is 0 Å². The number of nitrogens with zero attached hydrogens (tertiary/aromatic N) is 2. The molecule has 0 amide bonds. The highest BCUT2D eigenvalue weighted by Crippen LogP contribution is 2.36. The van der Waals surface area contributed by atoms with E-state index in [4.69, 9.17) is 14.0 Å². The number of aromatic amines is 1. The normalized spacial score (nSPS) is 12.6. The van der Waals surface area contributed by atoms with Gasteiger partial charge >= 0.3 is 0 Å². The van der Waals surface area contributed by atoms with Gasteiger partial charge in [0.05, 0.1) is 0 Å². The predicted octanol–water partition coefficient (Wildman–Crippen LogP) is 3.28. The maximum absolute atomic E-state index is 11.8. The van der Waals surface area contributed by atoms with E-state index in [0.717, 1.165) is 16.8 Å². The van der Waals surface area contributed by atoms with Gasteiger partial charge in [0.15, 0.2) is 17.3 Å². The predicted molar refractivity (Wildman–Crippen MR) is 85.1 cm³/mol. The van der Waals surface area contributed by atoms with Gasteiger partial charge in [-0.15, -0.1) is 0 Å². The number of benzene rings is 1. The zero-order valence-electron chi connectivity index (χ0n) is 13.5. The Kier molecular flexibility index (Phi) is 3.16. The Bertz CT molecular complexity index is 955. The van der Waals surface area contributed by atoms with E-state index in [0.29, 0.717) is 34.5 Å². The van der Waals surface area contributed by atoms with Crippen molar-refractivity contribution in [3.05, 3.63) is 35.0 Å². The van der Waals surface area contributed by atoms with Gasteiger partial charge in [-0.2, -0.15) is 4.98 Å². The largest absolute Gasteiger partial charge is 0.454 e. The van der Waals surface area contributed by atoms with Crippen LogP contribution >= 0.6 is 0 Å². The van der Waals surface area contributed by atoms with Gasteiger partial charge in [0.1, 0.15) is 5.69 Å². The number of rotatable bonds is 3. The average molecular weight is 325 g/mol. The van der Waals surface area contributed by atoms with Crippen LogP contribution in [-0.2, 0) is 0 Å². The Morgan fingerprint density at radius 1 is 1.21 bits per heavy atom. The third-order valence-corrected chi connectivity index (χ3v) is 4.06. The van der Waals surface area contributed by atoms with Crippen LogP contribution in [0.1, 0.15) is 28.5 Å². The van der Waals surface area contributed by atoms with E-state index in [1.165, 1.54) is 0 Å². The minimum Gasteiger partial charge on any atom is -0.454 e. The summed E-state index contributed by atoms with van der Waals surface area (Å²) in [6.07, 6.45) is 0. The molecule has 0 fully saturated rings. The van der Waals surface area contributed by atoms with Gasteiger partial charge in [-0.3, -0.25) is 4.79 Å². The van der Waals surface area contributed by atoms with Crippen molar-refractivity contribution in [3.63, 3.8) is 0 Å². The van der Waals surface area contributed by atoms with E-state index in [2.05, 4.69) is 15.1 Å². The molecule has 0 saturated carbocycles. The number of carbonyl (C=O) groups excluding carboxylic acids is 1. The fraction of sp³-hybridized carbons (Fsp3) is 0.235. The van der Waals surface area contributed by atoms with Crippen LogP contribution in [0.25, 0.3) is 23.0 Å². The fourth-order valence-electron chi connectivity index (χ4n) is 2.97. The summed E-state index contributed by atoms with van der Waals surface area (Å²) in [4.78, 5) is 19.3. The second kappa shape index (κ2) is 5.23.